The van der Waals surface area contributed by atoms with Gasteiger partial charge < -0.3 is 4.57 Å². The average molecular weight is 308 g/mol. The SMILES string of the molecule is Cn1cc(-c2ccc(F)nc2F)nc1-c1ccc(F)nc1F. The monoisotopic (exact) mass is 308 g/mol. The van der Waals surface area contributed by atoms with Crippen molar-refractivity contribution >= 4 is 0 Å². The zero-order chi connectivity index (χ0) is 15.9. The summed E-state index contributed by atoms with van der Waals surface area (Å²) in [6.07, 6.45) is 1.43. The van der Waals surface area contributed by atoms with Crippen molar-refractivity contribution in [1.82, 2.24) is 19.5 Å². The number of nitrogens with zero attached hydrogens (tertiary/aromatic N) is 4. The zero-order valence-electron chi connectivity index (χ0n) is 11.2. The van der Waals surface area contributed by atoms with E-state index in [1.165, 1.54) is 22.9 Å². The summed E-state index contributed by atoms with van der Waals surface area (Å²) in [4.78, 5) is 10.2. The first-order valence-electron chi connectivity index (χ1n) is 6.14. The Hall–Kier alpha value is -2.77. The molecule has 0 saturated heterocycles. The van der Waals surface area contributed by atoms with Gasteiger partial charge in [0.15, 0.2) is 0 Å². The molecule has 0 amide bonds. The van der Waals surface area contributed by atoms with Crippen molar-refractivity contribution in [3.05, 3.63) is 54.3 Å². The minimum Gasteiger partial charge on any atom is -0.333 e. The van der Waals surface area contributed by atoms with Gasteiger partial charge >= 0.3 is 0 Å². The summed E-state index contributed by atoms with van der Waals surface area (Å²) in [5.74, 6) is -3.83. The maximum Gasteiger partial charge on any atom is 0.226 e. The quantitative estimate of drug-likeness (QED) is 0.540. The van der Waals surface area contributed by atoms with E-state index in [0.29, 0.717) is 0 Å². The van der Waals surface area contributed by atoms with Gasteiger partial charge in [-0.15, -0.1) is 0 Å². The summed E-state index contributed by atoms with van der Waals surface area (Å²) in [6, 6.07) is 4.35. The van der Waals surface area contributed by atoms with Crippen molar-refractivity contribution < 1.29 is 17.6 Å². The zero-order valence-corrected chi connectivity index (χ0v) is 11.2. The molecule has 0 fully saturated rings. The van der Waals surface area contributed by atoms with Crippen molar-refractivity contribution in [1.29, 1.82) is 0 Å². The highest BCUT2D eigenvalue weighted by Gasteiger charge is 2.17. The molecule has 8 heteroatoms. The molecule has 3 heterocycles. The highest BCUT2D eigenvalue weighted by Crippen LogP contribution is 2.26. The van der Waals surface area contributed by atoms with E-state index in [9.17, 15) is 17.6 Å². The highest BCUT2D eigenvalue weighted by atomic mass is 19.1. The molecule has 0 atom stereocenters. The molecule has 0 saturated carbocycles. The number of imidazole rings is 1. The molecule has 0 aliphatic carbocycles. The maximum atomic E-state index is 13.7. The largest absolute Gasteiger partial charge is 0.333 e. The Kier molecular flexibility index (Phi) is 3.36. The topological polar surface area (TPSA) is 43.6 Å². The van der Waals surface area contributed by atoms with Crippen LogP contribution < -0.4 is 0 Å². The van der Waals surface area contributed by atoms with Crippen LogP contribution in [-0.4, -0.2) is 19.5 Å². The van der Waals surface area contributed by atoms with Crippen LogP contribution in [0, 0.1) is 23.8 Å². The lowest BCUT2D eigenvalue weighted by Gasteiger charge is -2.01. The lowest BCUT2D eigenvalue weighted by atomic mass is 10.2. The molecule has 0 N–H and O–H groups in total. The normalized spacial score (nSPS) is 11.0. The number of hydrogen-bond donors (Lipinski definition) is 0. The first-order valence-corrected chi connectivity index (χ1v) is 6.14. The second-order valence-electron chi connectivity index (χ2n) is 4.51. The number of aromatic nitrogens is 4. The fraction of sp³-hybridized carbons (Fsp3) is 0.0714. The Balaban J connectivity index is 2.11. The van der Waals surface area contributed by atoms with Gasteiger partial charge in [0.2, 0.25) is 23.8 Å². The molecule has 4 nitrogen and oxygen atoms in total. The van der Waals surface area contributed by atoms with Gasteiger partial charge in [-0.3, -0.25) is 0 Å². The standard InChI is InChI=1S/C14H8F4N4/c1-22-6-9(7-2-4-10(15)20-12(7)17)19-14(22)8-3-5-11(16)21-13(8)18/h2-6H,1H3. The molecule has 0 aliphatic heterocycles. The van der Waals surface area contributed by atoms with Crippen molar-refractivity contribution in [2.75, 3.05) is 0 Å². The van der Waals surface area contributed by atoms with Crippen molar-refractivity contribution in [2.45, 2.75) is 0 Å². The lowest BCUT2D eigenvalue weighted by molar-refractivity contribution is 0.514. The smallest absolute Gasteiger partial charge is 0.226 e. The van der Waals surface area contributed by atoms with Gasteiger partial charge in [-0.1, -0.05) is 0 Å². The molecular formula is C14H8F4N4. The summed E-state index contributed by atoms with van der Waals surface area (Å²) in [7, 11) is 1.56. The Bertz CT molecular complexity index is 860. The Labute approximate surface area is 122 Å². The minimum atomic E-state index is -1.03. The van der Waals surface area contributed by atoms with Crippen LogP contribution in [0.3, 0.4) is 0 Å². The molecule has 3 aromatic rings. The van der Waals surface area contributed by atoms with E-state index < -0.39 is 23.8 Å². The van der Waals surface area contributed by atoms with Gasteiger partial charge in [-0.25, -0.2) is 4.98 Å². The Morgan fingerprint density at radius 3 is 1.86 bits per heavy atom. The van der Waals surface area contributed by atoms with Gasteiger partial charge in [0.05, 0.1) is 16.8 Å². The summed E-state index contributed by atoms with van der Waals surface area (Å²) in [5, 5.41) is 0. The van der Waals surface area contributed by atoms with Crippen molar-refractivity contribution in [3.8, 4) is 22.6 Å². The van der Waals surface area contributed by atoms with E-state index in [1.807, 2.05) is 0 Å². The molecule has 22 heavy (non-hydrogen) atoms. The van der Waals surface area contributed by atoms with E-state index in [4.69, 9.17) is 0 Å². The third-order valence-electron chi connectivity index (χ3n) is 3.02. The molecule has 0 aliphatic rings. The molecule has 3 rings (SSSR count). The van der Waals surface area contributed by atoms with E-state index in [-0.39, 0.29) is 22.6 Å². The fourth-order valence-corrected chi connectivity index (χ4v) is 2.03. The second-order valence-corrected chi connectivity index (χ2v) is 4.51. The number of aryl methyl sites for hydroxylation is 1. The van der Waals surface area contributed by atoms with Crippen LogP contribution in [0.1, 0.15) is 0 Å². The third kappa shape index (κ3) is 2.43. The molecule has 112 valence electrons. The van der Waals surface area contributed by atoms with Crippen LogP contribution in [0.4, 0.5) is 17.6 Å². The summed E-state index contributed by atoms with van der Waals surface area (Å²) in [6.45, 7) is 0. The van der Waals surface area contributed by atoms with Crippen LogP contribution in [-0.2, 0) is 7.05 Å². The van der Waals surface area contributed by atoms with E-state index in [1.54, 1.807) is 7.05 Å². The second kappa shape index (κ2) is 5.21. The number of halogens is 4. The van der Waals surface area contributed by atoms with Crippen molar-refractivity contribution in [2.24, 2.45) is 7.05 Å². The number of rotatable bonds is 2. The molecule has 0 radical (unpaired) electrons. The van der Waals surface area contributed by atoms with Crippen LogP contribution in [0.2, 0.25) is 0 Å². The predicted octanol–water partition coefficient (Wildman–Crippen LogP) is 3.10. The summed E-state index contributed by atoms with van der Waals surface area (Å²) < 4.78 is 54.5. The molecule has 3 aromatic heterocycles. The maximum absolute atomic E-state index is 13.7. The minimum absolute atomic E-state index is 0.0290. The Morgan fingerprint density at radius 1 is 0.773 bits per heavy atom. The molecule has 0 unspecified atom stereocenters. The van der Waals surface area contributed by atoms with Gasteiger partial charge in [-0.2, -0.15) is 27.5 Å². The number of hydrogen-bond acceptors (Lipinski definition) is 3. The first-order chi connectivity index (χ1) is 10.5. The van der Waals surface area contributed by atoms with E-state index >= 15 is 0 Å². The van der Waals surface area contributed by atoms with E-state index in [2.05, 4.69) is 15.0 Å². The van der Waals surface area contributed by atoms with Gasteiger partial charge in [0, 0.05) is 13.2 Å². The summed E-state index contributed by atoms with van der Waals surface area (Å²) >= 11 is 0. The van der Waals surface area contributed by atoms with E-state index in [0.717, 1.165) is 12.1 Å². The fourth-order valence-electron chi connectivity index (χ4n) is 2.03. The van der Waals surface area contributed by atoms with Crippen molar-refractivity contribution in [3.63, 3.8) is 0 Å². The molecular weight excluding hydrogens is 300 g/mol. The summed E-state index contributed by atoms with van der Waals surface area (Å²) in [5.41, 5.74) is 0.0792. The lowest BCUT2D eigenvalue weighted by Crippen LogP contribution is -1.97. The average Bonchev–Trinajstić information content (AvgIpc) is 2.80. The molecule has 0 bridgehead atoms. The van der Waals surface area contributed by atoms with Crippen LogP contribution >= 0.6 is 0 Å². The molecule has 0 spiro atoms. The third-order valence-corrected chi connectivity index (χ3v) is 3.02. The first kappa shape index (κ1) is 14.2. The van der Waals surface area contributed by atoms with Crippen LogP contribution in [0.15, 0.2) is 30.5 Å². The van der Waals surface area contributed by atoms with Gasteiger partial charge in [0.1, 0.15) is 5.82 Å². The molecule has 0 aromatic carbocycles. The van der Waals surface area contributed by atoms with Crippen LogP contribution in [0.25, 0.3) is 22.6 Å². The van der Waals surface area contributed by atoms with Crippen LogP contribution in [0.5, 0.6) is 0 Å². The number of pyridine rings is 2. The van der Waals surface area contributed by atoms with Gasteiger partial charge in [0.25, 0.3) is 0 Å². The highest BCUT2D eigenvalue weighted by molar-refractivity contribution is 5.64. The predicted molar refractivity (Wildman–Crippen MR) is 69.5 cm³/mol. The Morgan fingerprint density at radius 2 is 1.32 bits per heavy atom. The van der Waals surface area contributed by atoms with Gasteiger partial charge in [-0.05, 0) is 24.3 Å².